The number of thioether (sulfide) groups is 1. The summed E-state index contributed by atoms with van der Waals surface area (Å²) in [5.74, 6) is 0.869. The number of halogens is 1. The van der Waals surface area contributed by atoms with Gasteiger partial charge in [-0.1, -0.05) is 40.8 Å². The van der Waals surface area contributed by atoms with Gasteiger partial charge in [-0.15, -0.1) is 10.2 Å². The SMILES string of the molecule is COc1ccc(Nc2nnc(SCC(=O)Nc3c(C)cc(C)cc3Cl)s2)cc1. The largest absolute Gasteiger partial charge is 0.497 e. The van der Waals surface area contributed by atoms with E-state index in [-0.39, 0.29) is 11.7 Å². The van der Waals surface area contributed by atoms with Crippen LogP contribution in [0.25, 0.3) is 0 Å². The van der Waals surface area contributed by atoms with Crippen molar-refractivity contribution in [2.45, 2.75) is 18.2 Å². The molecule has 0 fully saturated rings. The Morgan fingerprint density at radius 1 is 1.21 bits per heavy atom. The average molecular weight is 435 g/mol. The zero-order chi connectivity index (χ0) is 20.1. The molecule has 0 radical (unpaired) electrons. The van der Waals surface area contributed by atoms with Crippen molar-refractivity contribution in [1.82, 2.24) is 10.2 Å². The highest BCUT2D eigenvalue weighted by Crippen LogP contribution is 2.30. The standard InChI is InChI=1S/C19H19ClN4O2S2/c1-11-8-12(2)17(15(20)9-11)22-16(25)10-27-19-24-23-18(28-19)21-13-4-6-14(26-3)7-5-13/h4-9H,10H2,1-3H3,(H,21,23)(H,22,25). The first-order chi connectivity index (χ1) is 13.4. The first-order valence-electron chi connectivity index (χ1n) is 8.38. The van der Waals surface area contributed by atoms with Crippen molar-refractivity contribution >= 4 is 57.1 Å². The van der Waals surface area contributed by atoms with Crippen molar-refractivity contribution in [2.75, 3.05) is 23.5 Å². The fourth-order valence-electron chi connectivity index (χ4n) is 2.49. The van der Waals surface area contributed by atoms with Crippen molar-refractivity contribution in [1.29, 1.82) is 0 Å². The number of methoxy groups -OCH3 is 1. The van der Waals surface area contributed by atoms with Gasteiger partial charge in [0.2, 0.25) is 11.0 Å². The molecular formula is C19H19ClN4O2S2. The van der Waals surface area contributed by atoms with Gasteiger partial charge in [-0.05, 0) is 55.3 Å². The number of hydrogen-bond donors (Lipinski definition) is 2. The van der Waals surface area contributed by atoms with Crippen LogP contribution in [0, 0.1) is 13.8 Å². The fourth-order valence-corrected chi connectivity index (χ4v) is 4.43. The van der Waals surface area contributed by atoms with E-state index in [9.17, 15) is 4.79 Å². The van der Waals surface area contributed by atoms with Crippen LogP contribution < -0.4 is 15.4 Å². The van der Waals surface area contributed by atoms with Gasteiger partial charge in [-0.2, -0.15) is 0 Å². The summed E-state index contributed by atoms with van der Waals surface area (Å²) in [6.07, 6.45) is 0. The molecule has 146 valence electrons. The zero-order valence-corrected chi connectivity index (χ0v) is 18.0. The van der Waals surface area contributed by atoms with E-state index in [1.807, 2.05) is 50.2 Å². The minimum Gasteiger partial charge on any atom is -0.497 e. The second kappa shape index (κ2) is 9.27. The Labute approximate surface area is 176 Å². The number of rotatable bonds is 7. The minimum absolute atomic E-state index is 0.140. The van der Waals surface area contributed by atoms with Crippen molar-refractivity contribution in [2.24, 2.45) is 0 Å². The monoisotopic (exact) mass is 434 g/mol. The molecule has 28 heavy (non-hydrogen) atoms. The third-order valence-electron chi connectivity index (χ3n) is 3.77. The van der Waals surface area contributed by atoms with Gasteiger partial charge in [0.25, 0.3) is 0 Å². The summed E-state index contributed by atoms with van der Waals surface area (Å²) in [6, 6.07) is 11.3. The Kier molecular flexibility index (Phi) is 6.77. The number of aromatic nitrogens is 2. The predicted molar refractivity (Wildman–Crippen MR) is 116 cm³/mol. The van der Waals surface area contributed by atoms with Crippen molar-refractivity contribution in [3.63, 3.8) is 0 Å². The number of nitrogens with one attached hydrogen (secondary N) is 2. The van der Waals surface area contributed by atoms with Gasteiger partial charge in [-0.3, -0.25) is 4.79 Å². The van der Waals surface area contributed by atoms with E-state index in [2.05, 4.69) is 20.8 Å². The van der Waals surface area contributed by atoms with Crippen LogP contribution in [0.3, 0.4) is 0 Å². The van der Waals surface area contributed by atoms with Crippen molar-refractivity contribution < 1.29 is 9.53 Å². The van der Waals surface area contributed by atoms with Crippen LogP contribution in [-0.4, -0.2) is 29.0 Å². The number of anilines is 3. The van der Waals surface area contributed by atoms with Gasteiger partial charge in [0.15, 0.2) is 4.34 Å². The maximum absolute atomic E-state index is 12.3. The van der Waals surface area contributed by atoms with Crippen LogP contribution in [0.15, 0.2) is 40.7 Å². The average Bonchev–Trinajstić information content (AvgIpc) is 3.11. The molecule has 9 heteroatoms. The molecule has 0 atom stereocenters. The molecule has 0 aliphatic heterocycles. The van der Waals surface area contributed by atoms with E-state index in [1.165, 1.54) is 23.1 Å². The minimum atomic E-state index is -0.140. The van der Waals surface area contributed by atoms with E-state index in [1.54, 1.807) is 7.11 Å². The van der Waals surface area contributed by atoms with Crippen LogP contribution in [0.4, 0.5) is 16.5 Å². The van der Waals surface area contributed by atoms with E-state index >= 15 is 0 Å². The topological polar surface area (TPSA) is 76.1 Å². The molecule has 3 aromatic rings. The van der Waals surface area contributed by atoms with Gasteiger partial charge in [0.05, 0.1) is 23.6 Å². The third kappa shape index (κ3) is 5.37. The van der Waals surface area contributed by atoms with E-state index in [0.29, 0.717) is 20.2 Å². The number of hydrogen-bond acceptors (Lipinski definition) is 7. The fraction of sp³-hybridized carbons (Fsp3) is 0.211. The maximum Gasteiger partial charge on any atom is 0.234 e. The first kappa shape index (κ1) is 20.4. The van der Waals surface area contributed by atoms with Crippen LogP contribution in [0.1, 0.15) is 11.1 Å². The van der Waals surface area contributed by atoms with Crippen molar-refractivity contribution in [3.05, 3.63) is 52.5 Å². The lowest BCUT2D eigenvalue weighted by molar-refractivity contribution is -0.113. The molecule has 0 aliphatic carbocycles. The Bertz CT molecular complexity index is 953. The number of amides is 1. The quantitative estimate of drug-likeness (QED) is 0.492. The molecule has 1 aromatic heterocycles. The second-order valence-corrected chi connectivity index (χ2v) is 8.61. The Balaban J connectivity index is 1.54. The Morgan fingerprint density at radius 3 is 2.64 bits per heavy atom. The number of carbonyl (C=O) groups is 1. The molecule has 6 nitrogen and oxygen atoms in total. The Morgan fingerprint density at radius 2 is 1.96 bits per heavy atom. The summed E-state index contributed by atoms with van der Waals surface area (Å²) < 4.78 is 5.84. The number of ether oxygens (including phenoxy) is 1. The normalized spacial score (nSPS) is 10.6. The van der Waals surface area contributed by atoms with E-state index in [0.717, 1.165) is 22.6 Å². The van der Waals surface area contributed by atoms with E-state index < -0.39 is 0 Å². The summed E-state index contributed by atoms with van der Waals surface area (Å²) in [4.78, 5) is 12.3. The summed E-state index contributed by atoms with van der Waals surface area (Å²) in [5.41, 5.74) is 3.53. The van der Waals surface area contributed by atoms with E-state index in [4.69, 9.17) is 16.3 Å². The number of benzene rings is 2. The first-order valence-corrected chi connectivity index (χ1v) is 10.6. The number of aryl methyl sites for hydroxylation is 2. The third-order valence-corrected chi connectivity index (χ3v) is 6.04. The van der Waals surface area contributed by atoms with Gasteiger partial charge < -0.3 is 15.4 Å². The molecule has 2 aromatic carbocycles. The maximum atomic E-state index is 12.3. The van der Waals surface area contributed by atoms with Gasteiger partial charge >= 0.3 is 0 Å². The van der Waals surface area contributed by atoms with Crippen LogP contribution in [0.5, 0.6) is 5.75 Å². The van der Waals surface area contributed by atoms with Crippen LogP contribution >= 0.6 is 34.7 Å². The molecule has 2 N–H and O–H groups in total. The predicted octanol–water partition coefficient (Wildman–Crippen LogP) is 5.29. The molecule has 0 aliphatic rings. The van der Waals surface area contributed by atoms with Crippen LogP contribution in [0.2, 0.25) is 5.02 Å². The van der Waals surface area contributed by atoms with Gasteiger partial charge in [0.1, 0.15) is 5.75 Å². The number of carbonyl (C=O) groups excluding carboxylic acids is 1. The molecule has 1 amide bonds. The number of nitrogens with zero attached hydrogens (tertiary/aromatic N) is 2. The summed E-state index contributed by atoms with van der Waals surface area (Å²) in [7, 11) is 1.63. The van der Waals surface area contributed by atoms with Gasteiger partial charge in [0, 0.05) is 5.69 Å². The molecule has 0 spiro atoms. The lowest BCUT2D eigenvalue weighted by Crippen LogP contribution is -2.15. The van der Waals surface area contributed by atoms with Crippen molar-refractivity contribution in [3.8, 4) is 5.75 Å². The molecule has 0 saturated heterocycles. The zero-order valence-electron chi connectivity index (χ0n) is 15.6. The highest BCUT2D eigenvalue weighted by molar-refractivity contribution is 8.01. The molecule has 0 saturated carbocycles. The molecule has 3 rings (SSSR count). The molecular weight excluding hydrogens is 416 g/mol. The molecule has 0 bridgehead atoms. The summed E-state index contributed by atoms with van der Waals surface area (Å²) in [6.45, 7) is 3.89. The highest BCUT2D eigenvalue weighted by atomic mass is 35.5. The Hall–Kier alpha value is -2.29. The van der Waals surface area contributed by atoms with Gasteiger partial charge in [-0.25, -0.2) is 0 Å². The summed E-state index contributed by atoms with van der Waals surface area (Å²) >= 11 is 8.95. The lowest BCUT2D eigenvalue weighted by atomic mass is 10.1. The summed E-state index contributed by atoms with van der Waals surface area (Å²) in [5, 5.41) is 15.5. The molecule has 0 unspecified atom stereocenters. The second-order valence-electron chi connectivity index (χ2n) is 6.00. The van der Waals surface area contributed by atoms with Crippen LogP contribution in [-0.2, 0) is 4.79 Å². The lowest BCUT2D eigenvalue weighted by Gasteiger charge is -2.11. The molecule has 1 heterocycles. The smallest absolute Gasteiger partial charge is 0.234 e. The highest BCUT2D eigenvalue weighted by Gasteiger charge is 2.12.